The molecule has 0 bridgehead atoms. The number of benzene rings is 2. The first-order valence-electron chi connectivity index (χ1n) is 6.69. The first-order valence-corrected chi connectivity index (χ1v) is 8.58. The Labute approximate surface area is 132 Å². The standard InChI is InChI=1S/C16H13NO5S/c1-23(19,20)17-16-10-14(18)13-9-12(7-8-15(13)22-16)21-11-5-3-2-4-6-11/h2-10,17H,1H3. The molecule has 3 rings (SSSR count). The molecule has 0 saturated heterocycles. The molecule has 0 saturated carbocycles. The lowest BCUT2D eigenvalue weighted by Crippen LogP contribution is -2.12. The second kappa shape index (κ2) is 5.77. The summed E-state index contributed by atoms with van der Waals surface area (Å²) in [7, 11) is -3.52. The summed E-state index contributed by atoms with van der Waals surface area (Å²) in [6.07, 6.45) is 0.980. The van der Waals surface area contributed by atoms with Crippen molar-refractivity contribution in [1.29, 1.82) is 0 Å². The first-order chi connectivity index (χ1) is 10.9. The Morgan fingerprint density at radius 1 is 1.00 bits per heavy atom. The van der Waals surface area contributed by atoms with Crippen LogP contribution in [-0.4, -0.2) is 14.7 Å². The molecule has 1 aromatic heterocycles. The van der Waals surface area contributed by atoms with E-state index in [-0.39, 0.29) is 16.9 Å². The van der Waals surface area contributed by atoms with Crippen LogP contribution in [0.3, 0.4) is 0 Å². The van der Waals surface area contributed by atoms with Crippen LogP contribution in [0.15, 0.2) is 63.8 Å². The van der Waals surface area contributed by atoms with E-state index in [1.165, 1.54) is 0 Å². The molecular weight excluding hydrogens is 318 g/mol. The SMILES string of the molecule is CS(=O)(=O)Nc1cc(=O)c2cc(Oc3ccccc3)ccc2o1. The molecule has 2 aromatic carbocycles. The molecule has 0 aliphatic carbocycles. The van der Waals surface area contributed by atoms with Gasteiger partial charge < -0.3 is 9.15 Å². The van der Waals surface area contributed by atoms with Crippen LogP contribution >= 0.6 is 0 Å². The molecule has 0 aliphatic heterocycles. The number of ether oxygens (including phenoxy) is 1. The molecular formula is C16H13NO5S. The molecule has 0 atom stereocenters. The van der Waals surface area contributed by atoms with Crippen molar-refractivity contribution < 1.29 is 17.6 Å². The van der Waals surface area contributed by atoms with Gasteiger partial charge in [0.15, 0.2) is 5.43 Å². The normalized spacial score (nSPS) is 11.3. The van der Waals surface area contributed by atoms with E-state index in [1.54, 1.807) is 30.3 Å². The molecule has 0 amide bonds. The van der Waals surface area contributed by atoms with Crippen molar-refractivity contribution in [1.82, 2.24) is 0 Å². The van der Waals surface area contributed by atoms with E-state index in [0.29, 0.717) is 16.9 Å². The average molecular weight is 331 g/mol. The summed E-state index contributed by atoms with van der Waals surface area (Å²) in [5.74, 6) is 1.01. The van der Waals surface area contributed by atoms with Gasteiger partial charge in [0.25, 0.3) is 0 Å². The molecule has 118 valence electrons. The number of hydrogen-bond acceptors (Lipinski definition) is 5. The van der Waals surface area contributed by atoms with Crippen LogP contribution in [0.4, 0.5) is 5.88 Å². The predicted octanol–water partition coefficient (Wildman–Crippen LogP) is 2.96. The summed E-state index contributed by atoms with van der Waals surface area (Å²) >= 11 is 0. The molecule has 0 spiro atoms. The summed E-state index contributed by atoms with van der Waals surface area (Å²) in [6, 6.07) is 15.0. The number of rotatable bonds is 4. The smallest absolute Gasteiger partial charge is 0.232 e. The maximum atomic E-state index is 12.1. The third-order valence-corrected chi connectivity index (χ3v) is 3.54. The second-order valence-corrected chi connectivity index (χ2v) is 6.67. The predicted molar refractivity (Wildman–Crippen MR) is 87.5 cm³/mol. The first kappa shape index (κ1) is 15.1. The van der Waals surface area contributed by atoms with Gasteiger partial charge in [-0.15, -0.1) is 0 Å². The van der Waals surface area contributed by atoms with Gasteiger partial charge in [0.05, 0.1) is 11.6 Å². The lowest BCUT2D eigenvalue weighted by Gasteiger charge is -2.07. The monoisotopic (exact) mass is 331 g/mol. The molecule has 23 heavy (non-hydrogen) atoms. The highest BCUT2D eigenvalue weighted by atomic mass is 32.2. The zero-order chi connectivity index (χ0) is 16.4. The number of hydrogen-bond donors (Lipinski definition) is 1. The summed E-state index contributed by atoms with van der Waals surface area (Å²) in [5.41, 5.74) is -0.0972. The van der Waals surface area contributed by atoms with Crippen LogP contribution in [0.2, 0.25) is 0 Å². The van der Waals surface area contributed by atoms with Crippen LogP contribution in [0.25, 0.3) is 11.0 Å². The molecule has 1 N–H and O–H groups in total. The Morgan fingerprint density at radius 3 is 2.43 bits per heavy atom. The zero-order valence-corrected chi connectivity index (χ0v) is 13.0. The van der Waals surface area contributed by atoms with E-state index >= 15 is 0 Å². The van der Waals surface area contributed by atoms with Crippen LogP contribution in [0.5, 0.6) is 11.5 Å². The van der Waals surface area contributed by atoms with Crippen molar-refractivity contribution in [2.24, 2.45) is 0 Å². The van der Waals surface area contributed by atoms with Crippen LogP contribution in [0.1, 0.15) is 0 Å². The lowest BCUT2D eigenvalue weighted by atomic mass is 10.2. The fourth-order valence-electron chi connectivity index (χ4n) is 2.06. The molecule has 0 radical (unpaired) electrons. The minimum absolute atomic E-state index is 0.123. The fraction of sp³-hybridized carbons (Fsp3) is 0.0625. The van der Waals surface area contributed by atoms with Gasteiger partial charge in [-0.05, 0) is 30.3 Å². The highest BCUT2D eigenvalue weighted by Crippen LogP contribution is 2.25. The minimum atomic E-state index is -3.52. The van der Waals surface area contributed by atoms with Gasteiger partial charge in [-0.1, -0.05) is 18.2 Å². The highest BCUT2D eigenvalue weighted by Gasteiger charge is 2.10. The van der Waals surface area contributed by atoms with E-state index in [0.717, 1.165) is 12.3 Å². The number of anilines is 1. The Morgan fingerprint density at radius 2 is 1.74 bits per heavy atom. The quantitative estimate of drug-likeness (QED) is 0.794. The lowest BCUT2D eigenvalue weighted by molar-refractivity contribution is 0.483. The Balaban J connectivity index is 1.99. The largest absolute Gasteiger partial charge is 0.457 e. The Bertz CT molecular complexity index is 1010. The molecule has 3 aromatic rings. The van der Waals surface area contributed by atoms with E-state index in [2.05, 4.69) is 4.72 Å². The van der Waals surface area contributed by atoms with E-state index in [9.17, 15) is 13.2 Å². The minimum Gasteiger partial charge on any atom is -0.457 e. The van der Waals surface area contributed by atoms with E-state index < -0.39 is 10.0 Å². The highest BCUT2D eigenvalue weighted by molar-refractivity contribution is 7.92. The number of para-hydroxylation sites is 1. The van der Waals surface area contributed by atoms with E-state index in [1.807, 2.05) is 18.2 Å². The zero-order valence-electron chi connectivity index (χ0n) is 12.1. The van der Waals surface area contributed by atoms with Crippen molar-refractivity contribution in [2.75, 3.05) is 11.0 Å². The van der Waals surface area contributed by atoms with Crippen LogP contribution in [0, 0.1) is 0 Å². The van der Waals surface area contributed by atoms with Gasteiger partial charge in [0.2, 0.25) is 15.9 Å². The Hall–Kier alpha value is -2.80. The molecule has 1 heterocycles. The van der Waals surface area contributed by atoms with Crippen molar-refractivity contribution in [3.63, 3.8) is 0 Å². The van der Waals surface area contributed by atoms with Crippen molar-refractivity contribution in [3.05, 3.63) is 64.8 Å². The molecule has 7 heteroatoms. The van der Waals surface area contributed by atoms with Crippen molar-refractivity contribution in [3.8, 4) is 11.5 Å². The number of sulfonamides is 1. The van der Waals surface area contributed by atoms with Crippen molar-refractivity contribution in [2.45, 2.75) is 0 Å². The fourth-order valence-corrected chi connectivity index (χ4v) is 2.52. The van der Waals surface area contributed by atoms with E-state index in [4.69, 9.17) is 9.15 Å². The molecule has 0 unspecified atom stereocenters. The number of nitrogens with one attached hydrogen (secondary N) is 1. The maximum absolute atomic E-state index is 12.1. The van der Waals surface area contributed by atoms with Gasteiger partial charge in [0.1, 0.15) is 17.1 Å². The third-order valence-electron chi connectivity index (χ3n) is 2.96. The van der Waals surface area contributed by atoms with Crippen LogP contribution in [-0.2, 0) is 10.0 Å². The van der Waals surface area contributed by atoms with Crippen molar-refractivity contribution >= 4 is 26.9 Å². The van der Waals surface area contributed by atoms with Gasteiger partial charge in [-0.3, -0.25) is 9.52 Å². The van der Waals surface area contributed by atoms with Gasteiger partial charge >= 0.3 is 0 Å². The molecule has 0 aliphatic rings. The van der Waals surface area contributed by atoms with Gasteiger partial charge in [-0.25, -0.2) is 8.42 Å². The molecule has 6 nitrogen and oxygen atoms in total. The summed E-state index contributed by atoms with van der Waals surface area (Å²) in [4.78, 5) is 12.1. The Kier molecular flexibility index (Phi) is 3.79. The summed E-state index contributed by atoms with van der Waals surface area (Å²) in [5, 5.41) is 0.303. The molecule has 0 fully saturated rings. The maximum Gasteiger partial charge on any atom is 0.232 e. The second-order valence-electron chi connectivity index (χ2n) is 4.92. The topological polar surface area (TPSA) is 85.6 Å². The van der Waals surface area contributed by atoms with Gasteiger partial charge in [-0.2, -0.15) is 0 Å². The summed E-state index contributed by atoms with van der Waals surface area (Å²) < 4.78 is 35.6. The summed E-state index contributed by atoms with van der Waals surface area (Å²) in [6.45, 7) is 0. The van der Waals surface area contributed by atoms with Gasteiger partial charge in [0, 0.05) is 6.07 Å². The average Bonchev–Trinajstić information content (AvgIpc) is 2.47. The number of fused-ring (bicyclic) bond motifs is 1. The third kappa shape index (κ3) is 3.70. The van der Waals surface area contributed by atoms with Crippen LogP contribution < -0.4 is 14.9 Å².